The molecule has 0 saturated carbocycles. The molecule has 2 N–H and O–H groups in total. The van der Waals surface area contributed by atoms with Gasteiger partial charge >= 0.3 is 0 Å². The van der Waals surface area contributed by atoms with Crippen molar-refractivity contribution in [3.8, 4) is 0 Å². The topological polar surface area (TPSA) is 43.8 Å². The van der Waals surface area contributed by atoms with Gasteiger partial charge in [0.15, 0.2) is 0 Å². The molecule has 0 fully saturated rings. The fraction of sp³-hybridized carbons (Fsp3) is 0.222. The Hall–Kier alpha value is -0.580. The molecule has 0 aliphatic heterocycles. The van der Waals surface area contributed by atoms with Gasteiger partial charge in [0.05, 0.1) is 12.1 Å². The number of rotatable bonds is 2. The predicted octanol–water partition coefficient (Wildman–Crippen LogP) is 2.41. The summed E-state index contributed by atoms with van der Waals surface area (Å²) >= 11 is 9.53. The van der Waals surface area contributed by atoms with Crippen molar-refractivity contribution in [2.75, 3.05) is 6.54 Å². The number of aromatic nitrogens is 2. The first kappa shape index (κ1) is 9.96. The molecule has 3 nitrogen and oxygen atoms in total. The van der Waals surface area contributed by atoms with Crippen LogP contribution >= 0.6 is 27.5 Å². The van der Waals surface area contributed by atoms with Crippen LogP contribution in [0.2, 0.25) is 5.15 Å². The summed E-state index contributed by atoms with van der Waals surface area (Å²) in [6.45, 7) is 1.18. The van der Waals surface area contributed by atoms with Crippen LogP contribution in [0.25, 0.3) is 10.9 Å². The molecular formula is C9H9BrClN3. The number of nitrogens with zero attached hydrogens (tertiary/aromatic N) is 2. The third-order valence-electron chi connectivity index (χ3n) is 1.98. The second-order valence-corrected chi connectivity index (χ2v) is 4.24. The Kier molecular flexibility index (Phi) is 2.76. The number of hydrogen-bond acceptors (Lipinski definition) is 2. The molecule has 2 aromatic rings. The summed E-state index contributed by atoms with van der Waals surface area (Å²) < 4.78 is 2.72. The third kappa shape index (κ3) is 1.65. The van der Waals surface area contributed by atoms with Gasteiger partial charge in [-0.1, -0.05) is 27.5 Å². The van der Waals surface area contributed by atoms with Crippen molar-refractivity contribution in [1.29, 1.82) is 0 Å². The van der Waals surface area contributed by atoms with E-state index in [1.165, 1.54) is 0 Å². The summed E-state index contributed by atoms with van der Waals surface area (Å²) in [5.74, 6) is 0. The summed E-state index contributed by atoms with van der Waals surface area (Å²) in [5.41, 5.74) is 6.35. The minimum atomic E-state index is 0.537. The first-order chi connectivity index (χ1) is 6.72. The van der Waals surface area contributed by atoms with Gasteiger partial charge in [0.25, 0.3) is 0 Å². The zero-order valence-corrected chi connectivity index (χ0v) is 9.72. The monoisotopic (exact) mass is 273 g/mol. The van der Waals surface area contributed by atoms with E-state index < -0.39 is 0 Å². The first-order valence-electron chi connectivity index (χ1n) is 4.24. The van der Waals surface area contributed by atoms with E-state index in [4.69, 9.17) is 17.3 Å². The van der Waals surface area contributed by atoms with Gasteiger partial charge < -0.3 is 5.73 Å². The van der Waals surface area contributed by atoms with Gasteiger partial charge in [0.2, 0.25) is 0 Å². The summed E-state index contributed by atoms with van der Waals surface area (Å²) in [5, 5.41) is 5.93. The second kappa shape index (κ2) is 3.88. The fourth-order valence-corrected chi connectivity index (χ4v) is 1.98. The lowest BCUT2D eigenvalue weighted by molar-refractivity contribution is 0.632. The van der Waals surface area contributed by atoms with Crippen molar-refractivity contribution in [3.05, 3.63) is 27.8 Å². The van der Waals surface area contributed by atoms with Crippen LogP contribution in [0.4, 0.5) is 0 Å². The Morgan fingerprint density at radius 2 is 2.29 bits per heavy atom. The molecule has 0 aliphatic carbocycles. The lowest BCUT2D eigenvalue weighted by Crippen LogP contribution is -2.10. The van der Waals surface area contributed by atoms with Crippen LogP contribution in [0.3, 0.4) is 0 Å². The van der Waals surface area contributed by atoms with Crippen LogP contribution < -0.4 is 5.73 Å². The average molecular weight is 275 g/mol. The van der Waals surface area contributed by atoms with Crippen molar-refractivity contribution >= 4 is 38.4 Å². The Morgan fingerprint density at radius 1 is 1.50 bits per heavy atom. The van der Waals surface area contributed by atoms with Crippen LogP contribution in [0.5, 0.6) is 0 Å². The normalized spacial score (nSPS) is 11.1. The molecule has 1 aromatic heterocycles. The lowest BCUT2D eigenvalue weighted by Gasteiger charge is -1.97. The lowest BCUT2D eigenvalue weighted by atomic mass is 10.3. The molecule has 14 heavy (non-hydrogen) atoms. The standard InChI is InChI=1S/C9H9BrClN3/c10-6-1-2-8-7(5-6)9(11)14(13-8)4-3-12/h1-2,5H,3-4,12H2. The fourth-order valence-electron chi connectivity index (χ4n) is 1.34. The molecule has 5 heteroatoms. The van der Waals surface area contributed by atoms with Crippen molar-refractivity contribution < 1.29 is 0 Å². The van der Waals surface area contributed by atoms with Gasteiger partial charge in [-0.2, -0.15) is 5.10 Å². The van der Waals surface area contributed by atoms with E-state index in [0.29, 0.717) is 18.2 Å². The minimum Gasteiger partial charge on any atom is -0.329 e. The van der Waals surface area contributed by atoms with E-state index in [0.717, 1.165) is 15.4 Å². The molecular weight excluding hydrogens is 265 g/mol. The maximum Gasteiger partial charge on any atom is 0.134 e. The van der Waals surface area contributed by atoms with Gasteiger partial charge in [-0.05, 0) is 18.2 Å². The average Bonchev–Trinajstić information content (AvgIpc) is 2.46. The number of hydrogen-bond donors (Lipinski definition) is 1. The molecule has 2 rings (SSSR count). The molecule has 0 unspecified atom stereocenters. The van der Waals surface area contributed by atoms with Gasteiger partial charge in [-0.25, -0.2) is 0 Å². The molecule has 0 amide bonds. The van der Waals surface area contributed by atoms with E-state index >= 15 is 0 Å². The van der Waals surface area contributed by atoms with Gasteiger partial charge in [-0.15, -0.1) is 0 Å². The van der Waals surface area contributed by atoms with Crippen molar-refractivity contribution in [1.82, 2.24) is 9.78 Å². The van der Waals surface area contributed by atoms with Crippen molar-refractivity contribution in [3.63, 3.8) is 0 Å². The van der Waals surface area contributed by atoms with Crippen LogP contribution in [0.15, 0.2) is 22.7 Å². The molecule has 1 aromatic carbocycles. The second-order valence-electron chi connectivity index (χ2n) is 2.96. The van der Waals surface area contributed by atoms with Crippen LogP contribution in [0.1, 0.15) is 0 Å². The Labute approximate surface area is 95.0 Å². The molecule has 0 spiro atoms. The van der Waals surface area contributed by atoms with E-state index in [2.05, 4.69) is 21.0 Å². The Bertz CT molecular complexity index is 466. The molecule has 0 bridgehead atoms. The van der Waals surface area contributed by atoms with E-state index in [1.54, 1.807) is 4.68 Å². The maximum absolute atomic E-state index is 6.13. The van der Waals surface area contributed by atoms with Crippen LogP contribution in [-0.4, -0.2) is 16.3 Å². The SMILES string of the molecule is NCCn1nc2ccc(Br)cc2c1Cl. The minimum absolute atomic E-state index is 0.537. The number of fused-ring (bicyclic) bond motifs is 1. The van der Waals surface area contributed by atoms with E-state index in [9.17, 15) is 0 Å². The Balaban J connectivity index is 2.62. The molecule has 0 radical (unpaired) electrons. The maximum atomic E-state index is 6.13. The summed E-state index contributed by atoms with van der Waals surface area (Å²) in [7, 11) is 0. The molecule has 74 valence electrons. The van der Waals surface area contributed by atoms with Gasteiger partial charge in [0, 0.05) is 16.4 Å². The quantitative estimate of drug-likeness (QED) is 0.914. The number of benzene rings is 1. The highest BCUT2D eigenvalue weighted by Crippen LogP contribution is 2.26. The molecule has 0 saturated heterocycles. The predicted molar refractivity (Wildman–Crippen MR) is 61.5 cm³/mol. The van der Waals surface area contributed by atoms with Gasteiger partial charge in [-0.3, -0.25) is 4.68 Å². The first-order valence-corrected chi connectivity index (χ1v) is 5.41. The highest BCUT2D eigenvalue weighted by atomic mass is 79.9. The summed E-state index contributed by atoms with van der Waals surface area (Å²) in [4.78, 5) is 0. The number of nitrogens with two attached hydrogens (primary N) is 1. The van der Waals surface area contributed by atoms with Crippen molar-refractivity contribution in [2.24, 2.45) is 5.73 Å². The largest absolute Gasteiger partial charge is 0.329 e. The van der Waals surface area contributed by atoms with Crippen LogP contribution in [0, 0.1) is 0 Å². The zero-order chi connectivity index (χ0) is 10.1. The summed E-state index contributed by atoms with van der Waals surface area (Å²) in [6.07, 6.45) is 0. The zero-order valence-electron chi connectivity index (χ0n) is 7.37. The highest BCUT2D eigenvalue weighted by Gasteiger charge is 2.08. The molecule has 1 heterocycles. The highest BCUT2D eigenvalue weighted by molar-refractivity contribution is 9.10. The van der Waals surface area contributed by atoms with E-state index in [1.807, 2.05) is 18.2 Å². The van der Waals surface area contributed by atoms with Crippen LogP contribution in [-0.2, 0) is 6.54 Å². The van der Waals surface area contributed by atoms with E-state index in [-0.39, 0.29) is 0 Å². The number of halogens is 2. The smallest absolute Gasteiger partial charge is 0.134 e. The third-order valence-corrected chi connectivity index (χ3v) is 2.87. The Morgan fingerprint density at radius 3 is 3.00 bits per heavy atom. The molecule has 0 aliphatic rings. The molecule has 0 atom stereocenters. The van der Waals surface area contributed by atoms with Gasteiger partial charge in [0.1, 0.15) is 5.15 Å². The summed E-state index contributed by atoms with van der Waals surface area (Å²) in [6, 6.07) is 5.83. The van der Waals surface area contributed by atoms with Crippen molar-refractivity contribution in [2.45, 2.75) is 6.54 Å².